The fourth-order valence-corrected chi connectivity index (χ4v) is 4.36. The first-order chi connectivity index (χ1) is 15.9. The lowest BCUT2D eigenvalue weighted by Gasteiger charge is -2.24. The average Bonchev–Trinajstić information content (AvgIpc) is 3.46. The highest BCUT2D eigenvalue weighted by Gasteiger charge is 2.33. The summed E-state index contributed by atoms with van der Waals surface area (Å²) in [6.45, 7) is 2.45. The van der Waals surface area contributed by atoms with E-state index < -0.39 is 6.43 Å². The number of halogens is 3. The number of carbonyl (C=O) groups excluding carboxylic acids is 1. The van der Waals surface area contributed by atoms with Gasteiger partial charge in [-0.15, -0.1) is 0 Å². The van der Waals surface area contributed by atoms with Crippen LogP contribution in [0.2, 0.25) is 0 Å². The van der Waals surface area contributed by atoms with Crippen LogP contribution in [0.15, 0.2) is 60.8 Å². The van der Waals surface area contributed by atoms with E-state index >= 15 is 0 Å². The molecule has 2 aromatic heterocycles. The molecule has 1 aliphatic rings. The second-order valence-electron chi connectivity index (χ2n) is 8.23. The van der Waals surface area contributed by atoms with Crippen molar-refractivity contribution in [2.24, 2.45) is 0 Å². The van der Waals surface area contributed by atoms with E-state index in [2.05, 4.69) is 10.1 Å². The molecule has 0 radical (unpaired) electrons. The second-order valence-corrected chi connectivity index (χ2v) is 8.23. The smallest absolute Gasteiger partial charge is 0.280 e. The number of likely N-dealkylation sites (tertiary alicyclic amines) is 1. The van der Waals surface area contributed by atoms with E-state index in [1.807, 2.05) is 31.2 Å². The maximum Gasteiger partial charge on any atom is 0.280 e. The lowest BCUT2D eigenvalue weighted by molar-refractivity contribution is 0.0737. The number of aromatic nitrogens is 3. The second kappa shape index (κ2) is 8.35. The minimum Gasteiger partial charge on any atom is -0.331 e. The van der Waals surface area contributed by atoms with Gasteiger partial charge >= 0.3 is 0 Å². The van der Waals surface area contributed by atoms with Crippen LogP contribution in [0, 0.1) is 12.7 Å². The molecular formula is C25H21F3N4O. The topological polar surface area (TPSA) is 50.5 Å². The van der Waals surface area contributed by atoms with E-state index in [9.17, 15) is 18.0 Å². The summed E-state index contributed by atoms with van der Waals surface area (Å²) in [5.41, 5.74) is 2.83. The van der Waals surface area contributed by atoms with Crippen molar-refractivity contribution in [3.05, 3.63) is 89.0 Å². The third kappa shape index (κ3) is 3.86. The summed E-state index contributed by atoms with van der Waals surface area (Å²) < 4.78 is 42.1. The lowest BCUT2D eigenvalue weighted by atomic mass is 10.0. The summed E-state index contributed by atoms with van der Waals surface area (Å²) >= 11 is 0. The van der Waals surface area contributed by atoms with Crippen molar-refractivity contribution >= 4 is 11.6 Å². The zero-order chi connectivity index (χ0) is 23.1. The monoisotopic (exact) mass is 450 g/mol. The van der Waals surface area contributed by atoms with Gasteiger partial charge in [0.1, 0.15) is 17.1 Å². The highest BCUT2D eigenvalue weighted by molar-refractivity contribution is 6.00. The predicted molar refractivity (Wildman–Crippen MR) is 118 cm³/mol. The molecule has 5 rings (SSSR count). The fourth-order valence-electron chi connectivity index (χ4n) is 4.36. The molecule has 8 heteroatoms. The van der Waals surface area contributed by atoms with Crippen molar-refractivity contribution in [3.63, 3.8) is 0 Å². The molecule has 1 aliphatic heterocycles. The zero-order valence-corrected chi connectivity index (χ0v) is 17.9. The van der Waals surface area contributed by atoms with E-state index in [0.717, 1.165) is 28.5 Å². The number of hydrogen-bond donors (Lipinski definition) is 0. The van der Waals surface area contributed by atoms with Crippen molar-refractivity contribution in [1.82, 2.24) is 19.5 Å². The van der Waals surface area contributed by atoms with Gasteiger partial charge < -0.3 is 4.90 Å². The normalized spacial score (nSPS) is 16.2. The van der Waals surface area contributed by atoms with Crippen molar-refractivity contribution in [3.8, 4) is 11.3 Å². The molecule has 0 N–H and O–H groups in total. The fraction of sp³-hybridized carbons (Fsp3) is 0.240. The molecule has 1 fully saturated rings. The number of carbonyl (C=O) groups is 1. The highest BCUT2D eigenvalue weighted by Crippen LogP contribution is 2.34. The molecule has 33 heavy (non-hydrogen) atoms. The van der Waals surface area contributed by atoms with E-state index in [4.69, 9.17) is 0 Å². The van der Waals surface area contributed by atoms with Gasteiger partial charge in [0.2, 0.25) is 0 Å². The first kappa shape index (κ1) is 21.2. The molecule has 1 atom stereocenters. The largest absolute Gasteiger partial charge is 0.331 e. The molecule has 0 bridgehead atoms. The third-order valence-electron chi connectivity index (χ3n) is 6.07. The Morgan fingerprint density at radius 1 is 1.09 bits per heavy atom. The van der Waals surface area contributed by atoms with Gasteiger partial charge in [-0.3, -0.25) is 4.79 Å². The molecule has 1 saturated heterocycles. The minimum absolute atomic E-state index is 0.0955. The molecule has 0 saturated carbocycles. The summed E-state index contributed by atoms with van der Waals surface area (Å²) in [4.78, 5) is 19.8. The number of aryl methyl sites for hydroxylation is 1. The molecule has 0 spiro atoms. The minimum atomic E-state index is -2.79. The first-order valence-electron chi connectivity index (χ1n) is 10.7. The van der Waals surface area contributed by atoms with Crippen molar-refractivity contribution in [1.29, 1.82) is 0 Å². The van der Waals surface area contributed by atoms with Gasteiger partial charge in [-0.1, -0.05) is 42.0 Å². The van der Waals surface area contributed by atoms with Crippen LogP contribution < -0.4 is 0 Å². The summed E-state index contributed by atoms with van der Waals surface area (Å²) in [6.07, 6.45) is 0.0367. The average molecular weight is 450 g/mol. The SMILES string of the molecule is Cc1ccc(-c2cc(C(F)F)n3ncc(C(=O)N4CCC[C@H]4c4ccc(F)cc4)c3n2)cc1. The van der Waals surface area contributed by atoms with Crippen molar-refractivity contribution in [2.75, 3.05) is 6.54 Å². The van der Waals surface area contributed by atoms with Gasteiger partial charge in [-0.25, -0.2) is 22.7 Å². The third-order valence-corrected chi connectivity index (χ3v) is 6.07. The zero-order valence-electron chi connectivity index (χ0n) is 17.9. The number of benzene rings is 2. The molecule has 168 valence electrons. The van der Waals surface area contributed by atoms with E-state index in [0.29, 0.717) is 17.8 Å². The maximum atomic E-state index is 13.9. The van der Waals surface area contributed by atoms with Gasteiger partial charge in [-0.05, 0) is 43.5 Å². The number of amides is 1. The van der Waals surface area contributed by atoms with Crippen LogP contribution in [0.5, 0.6) is 0 Å². The Balaban J connectivity index is 1.58. The maximum absolute atomic E-state index is 13.9. The Bertz CT molecular complexity index is 1320. The molecule has 5 nitrogen and oxygen atoms in total. The van der Waals surface area contributed by atoms with Crippen LogP contribution in [0.3, 0.4) is 0 Å². The van der Waals surface area contributed by atoms with Crippen molar-refractivity contribution in [2.45, 2.75) is 32.2 Å². The van der Waals surface area contributed by atoms with Crippen LogP contribution in [0.4, 0.5) is 13.2 Å². The van der Waals surface area contributed by atoms with Crippen LogP contribution in [0.1, 0.15) is 52.5 Å². The van der Waals surface area contributed by atoms with Gasteiger partial charge in [0, 0.05) is 12.1 Å². The van der Waals surface area contributed by atoms with Crippen LogP contribution in [-0.4, -0.2) is 31.9 Å². The summed E-state index contributed by atoms with van der Waals surface area (Å²) in [7, 11) is 0. The Morgan fingerprint density at radius 3 is 2.52 bits per heavy atom. The Labute approximate surface area is 188 Å². The van der Waals surface area contributed by atoms with E-state index in [1.165, 1.54) is 24.4 Å². The van der Waals surface area contributed by atoms with Gasteiger partial charge in [-0.2, -0.15) is 5.10 Å². The van der Waals surface area contributed by atoms with Gasteiger partial charge in [0.15, 0.2) is 5.65 Å². The number of hydrogen-bond acceptors (Lipinski definition) is 3. The molecule has 3 heterocycles. The number of nitrogens with zero attached hydrogens (tertiary/aromatic N) is 4. The molecule has 0 unspecified atom stereocenters. The molecule has 2 aromatic carbocycles. The Hall–Kier alpha value is -3.68. The predicted octanol–water partition coefficient (Wildman–Crippen LogP) is 5.76. The first-order valence-corrected chi connectivity index (χ1v) is 10.7. The number of alkyl halides is 2. The van der Waals surface area contributed by atoms with Crippen molar-refractivity contribution < 1.29 is 18.0 Å². The van der Waals surface area contributed by atoms with Crippen LogP contribution >= 0.6 is 0 Å². The Kier molecular flexibility index (Phi) is 5.36. The summed E-state index contributed by atoms with van der Waals surface area (Å²) in [5, 5.41) is 4.07. The van der Waals surface area contributed by atoms with Gasteiger partial charge in [0.25, 0.3) is 12.3 Å². The summed E-state index contributed by atoms with van der Waals surface area (Å²) in [6, 6.07) is 14.6. The number of rotatable bonds is 4. The standard InChI is InChI=1S/C25H21F3N4O/c1-15-4-6-16(7-5-15)20-13-22(23(27)28)32-24(30-20)19(14-29-32)25(33)31-12-2-3-21(31)17-8-10-18(26)11-9-17/h4-11,13-14,21,23H,2-3,12H2,1H3/t21-/m0/s1. The molecule has 4 aromatic rings. The van der Waals surface area contributed by atoms with E-state index in [-0.39, 0.29) is 34.7 Å². The molecular weight excluding hydrogens is 429 g/mol. The molecule has 1 amide bonds. The lowest BCUT2D eigenvalue weighted by Crippen LogP contribution is -2.30. The van der Waals surface area contributed by atoms with Crippen LogP contribution in [0.25, 0.3) is 16.9 Å². The quantitative estimate of drug-likeness (QED) is 0.397. The highest BCUT2D eigenvalue weighted by atomic mass is 19.3. The van der Waals surface area contributed by atoms with Crippen LogP contribution in [-0.2, 0) is 0 Å². The van der Waals surface area contributed by atoms with E-state index in [1.54, 1.807) is 17.0 Å². The van der Waals surface area contributed by atoms with Gasteiger partial charge in [0.05, 0.1) is 17.9 Å². The summed E-state index contributed by atoms with van der Waals surface area (Å²) in [5.74, 6) is -0.671. The number of fused-ring (bicyclic) bond motifs is 1. The molecule has 0 aliphatic carbocycles. The Morgan fingerprint density at radius 2 is 1.82 bits per heavy atom.